The van der Waals surface area contributed by atoms with Crippen molar-refractivity contribution in [3.05, 3.63) is 63.9 Å². The Morgan fingerprint density at radius 2 is 1.93 bits per heavy atom. The van der Waals surface area contributed by atoms with Gasteiger partial charge in [0.25, 0.3) is 5.56 Å². The van der Waals surface area contributed by atoms with E-state index in [0.29, 0.717) is 28.0 Å². The molecular weight excluding hydrogens is 393 g/mol. The molecule has 1 saturated carbocycles. The van der Waals surface area contributed by atoms with Crippen molar-refractivity contribution in [2.45, 2.75) is 18.9 Å². The molecule has 0 unspecified atom stereocenters. The van der Waals surface area contributed by atoms with Crippen LogP contribution in [0.2, 0.25) is 5.02 Å². The van der Waals surface area contributed by atoms with Gasteiger partial charge in [-0.2, -0.15) is 10.2 Å². The minimum Gasteiger partial charge on any atom is -0.274 e. The van der Waals surface area contributed by atoms with Crippen LogP contribution in [0.5, 0.6) is 0 Å². The van der Waals surface area contributed by atoms with Crippen molar-refractivity contribution >= 4 is 44.3 Å². The van der Waals surface area contributed by atoms with Gasteiger partial charge in [0.1, 0.15) is 5.82 Å². The summed E-state index contributed by atoms with van der Waals surface area (Å²) in [4.78, 5) is 13.5. The Morgan fingerprint density at radius 3 is 2.72 bits per heavy atom. The number of aryl methyl sites for hydroxylation is 1. The van der Waals surface area contributed by atoms with Gasteiger partial charge in [0.15, 0.2) is 5.52 Å². The Labute approximate surface area is 168 Å². The lowest BCUT2D eigenvalue weighted by molar-refractivity contribution is 0.630. The molecule has 144 valence electrons. The normalized spacial score (nSPS) is 14.4. The van der Waals surface area contributed by atoms with E-state index in [9.17, 15) is 9.18 Å². The van der Waals surface area contributed by atoms with Crippen LogP contribution in [0.4, 0.5) is 4.39 Å². The van der Waals surface area contributed by atoms with E-state index in [0.717, 1.165) is 23.7 Å². The standard InChI is InChI=1S/C21H15ClFN5O/c1-26-9-13-12-7-16(23)15(22)8-19(12)28(21(29)20(13)25-26)18-4-2-3-17-14(18)10-27(24-17)11-5-6-11/h2-4,7-11H,5-6H2,1H3. The molecule has 2 aromatic carbocycles. The summed E-state index contributed by atoms with van der Waals surface area (Å²) in [5.74, 6) is -0.533. The summed E-state index contributed by atoms with van der Waals surface area (Å²) in [6, 6.07) is 8.96. The molecule has 0 bridgehead atoms. The third-order valence-corrected chi connectivity index (χ3v) is 5.80. The highest BCUT2D eigenvalue weighted by atomic mass is 35.5. The highest BCUT2D eigenvalue weighted by molar-refractivity contribution is 6.31. The van der Waals surface area contributed by atoms with Crippen LogP contribution in [0.25, 0.3) is 38.4 Å². The van der Waals surface area contributed by atoms with Crippen LogP contribution in [-0.4, -0.2) is 24.1 Å². The molecule has 1 fully saturated rings. The molecule has 6 rings (SSSR count). The van der Waals surface area contributed by atoms with Gasteiger partial charge in [-0.1, -0.05) is 17.7 Å². The maximum atomic E-state index is 14.3. The summed E-state index contributed by atoms with van der Waals surface area (Å²) in [6.07, 6.45) is 5.93. The molecule has 3 aromatic heterocycles. The number of hydrogen-bond acceptors (Lipinski definition) is 3. The van der Waals surface area contributed by atoms with Gasteiger partial charge >= 0.3 is 0 Å². The van der Waals surface area contributed by atoms with Gasteiger partial charge in [0.05, 0.1) is 27.8 Å². The second kappa shape index (κ2) is 5.67. The largest absolute Gasteiger partial charge is 0.284 e. The maximum absolute atomic E-state index is 14.3. The maximum Gasteiger partial charge on any atom is 0.284 e. The molecule has 0 saturated heterocycles. The van der Waals surface area contributed by atoms with Gasteiger partial charge in [-0.25, -0.2) is 4.39 Å². The fourth-order valence-electron chi connectivity index (χ4n) is 4.00. The van der Waals surface area contributed by atoms with Crippen molar-refractivity contribution in [3.8, 4) is 5.69 Å². The van der Waals surface area contributed by atoms with E-state index in [2.05, 4.69) is 10.2 Å². The zero-order chi connectivity index (χ0) is 19.9. The minimum absolute atomic E-state index is 0.0326. The molecule has 0 N–H and O–H groups in total. The number of rotatable bonds is 2. The van der Waals surface area contributed by atoms with Crippen LogP contribution in [0.1, 0.15) is 18.9 Å². The van der Waals surface area contributed by atoms with Gasteiger partial charge in [-0.3, -0.25) is 18.7 Å². The van der Waals surface area contributed by atoms with Gasteiger partial charge in [0, 0.05) is 35.6 Å². The monoisotopic (exact) mass is 407 g/mol. The van der Waals surface area contributed by atoms with Crippen molar-refractivity contribution in [3.63, 3.8) is 0 Å². The highest BCUT2D eigenvalue weighted by Crippen LogP contribution is 2.36. The van der Waals surface area contributed by atoms with Crippen LogP contribution < -0.4 is 5.56 Å². The Kier molecular flexibility index (Phi) is 3.27. The van der Waals surface area contributed by atoms with Gasteiger partial charge in [-0.05, 0) is 37.1 Å². The first-order valence-corrected chi connectivity index (χ1v) is 9.74. The molecule has 5 aromatic rings. The number of pyridine rings is 1. The Hall–Kier alpha value is -3.19. The number of hydrogen-bond donors (Lipinski definition) is 0. The molecule has 1 aliphatic rings. The number of aromatic nitrogens is 5. The van der Waals surface area contributed by atoms with E-state index in [4.69, 9.17) is 11.6 Å². The summed E-state index contributed by atoms with van der Waals surface area (Å²) < 4.78 is 19.4. The van der Waals surface area contributed by atoms with Gasteiger partial charge < -0.3 is 0 Å². The van der Waals surface area contributed by atoms with Crippen LogP contribution >= 0.6 is 11.6 Å². The molecule has 3 heterocycles. The fourth-order valence-corrected chi connectivity index (χ4v) is 4.16. The van der Waals surface area contributed by atoms with E-state index in [1.165, 1.54) is 12.1 Å². The predicted molar refractivity (Wildman–Crippen MR) is 110 cm³/mol. The quantitative estimate of drug-likeness (QED) is 0.437. The average molecular weight is 408 g/mol. The van der Waals surface area contributed by atoms with E-state index in [1.54, 1.807) is 22.5 Å². The molecule has 1 aliphatic carbocycles. The zero-order valence-corrected chi connectivity index (χ0v) is 16.2. The van der Waals surface area contributed by atoms with Crippen molar-refractivity contribution in [1.29, 1.82) is 0 Å². The van der Waals surface area contributed by atoms with E-state index < -0.39 is 5.82 Å². The Bertz CT molecular complexity index is 1530. The first kappa shape index (κ1) is 16.7. The predicted octanol–water partition coefficient (Wildman–Crippen LogP) is 4.35. The average Bonchev–Trinajstić information content (AvgIpc) is 3.32. The lowest BCUT2D eigenvalue weighted by Gasteiger charge is -2.12. The molecule has 8 heteroatoms. The topological polar surface area (TPSA) is 57.6 Å². The number of benzene rings is 2. The molecule has 0 spiro atoms. The minimum atomic E-state index is -0.533. The molecule has 0 aliphatic heterocycles. The van der Waals surface area contributed by atoms with Crippen LogP contribution in [0, 0.1) is 5.82 Å². The van der Waals surface area contributed by atoms with E-state index in [1.807, 2.05) is 29.1 Å². The summed E-state index contributed by atoms with van der Waals surface area (Å²) >= 11 is 6.10. The van der Waals surface area contributed by atoms with Crippen molar-refractivity contribution in [1.82, 2.24) is 24.1 Å². The fraction of sp³-hybridized carbons (Fsp3) is 0.190. The summed E-state index contributed by atoms with van der Waals surface area (Å²) in [7, 11) is 1.74. The lowest BCUT2D eigenvalue weighted by Crippen LogP contribution is -2.19. The Morgan fingerprint density at radius 1 is 1.10 bits per heavy atom. The van der Waals surface area contributed by atoms with Gasteiger partial charge in [-0.15, -0.1) is 0 Å². The highest BCUT2D eigenvalue weighted by Gasteiger charge is 2.25. The first-order valence-electron chi connectivity index (χ1n) is 9.36. The third kappa shape index (κ3) is 2.37. The smallest absolute Gasteiger partial charge is 0.274 e. The molecule has 0 atom stereocenters. The number of halogens is 2. The Balaban J connectivity index is 1.79. The first-order chi connectivity index (χ1) is 14.0. The molecule has 6 nitrogen and oxygen atoms in total. The second-order valence-electron chi connectivity index (χ2n) is 7.54. The molecule has 0 amide bonds. The van der Waals surface area contributed by atoms with Crippen molar-refractivity contribution < 1.29 is 4.39 Å². The SMILES string of the molecule is Cn1cc2c(n1)c(=O)n(-c1cccc3nn(C4CC4)cc13)c1cc(Cl)c(F)cc21. The van der Waals surface area contributed by atoms with E-state index >= 15 is 0 Å². The van der Waals surface area contributed by atoms with Gasteiger partial charge in [0.2, 0.25) is 0 Å². The summed E-state index contributed by atoms with van der Waals surface area (Å²) in [5, 5.41) is 11.0. The van der Waals surface area contributed by atoms with Crippen molar-refractivity contribution in [2.75, 3.05) is 0 Å². The van der Waals surface area contributed by atoms with Crippen LogP contribution in [-0.2, 0) is 7.05 Å². The van der Waals surface area contributed by atoms with Crippen LogP contribution in [0.15, 0.2) is 47.5 Å². The second-order valence-corrected chi connectivity index (χ2v) is 7.95. The van der Waals surface area contributed by atoms with Crippen LogP contribution in [0.3, 0.4) is 0 Å². The summed E-state index contributed by atoms with van der Waals surface area (Å²) in [6.45, 7) is 0. The zero-order valence-electron chi connectivity index (χ0n) is 15.4. The third-order valence-electron chi connectivity index (χ3n) is 5.51. The van der Waals surface area contributed by atoms with E-state index in [-0.39, 0.29) is 16.1 Å². The molecule has 0 radical (unpaired) electrons. The molecule has 29 heavy (non-hydrogen) atoms. The summed E-state index contributed by atoms with van der Waals surface area (Å²) in [5.41, 5.74) is 2.03. The van der Waals surface area contributed by atoms with Crippen molar-refractivity contribution in [2.24, 2.45) is 7.05 Å². The number of fused-ring (bicyclic) bond motifs is 4. The lowest BCUT2D eigenvalue weighted by atomic mass is 10.1. The number of nitrogens with zero attached hydrogens (tertiary/aromatic N) is 5. The molecular formula is C21H15ClFN5O.